The van der Waals surface area contributed by atoms with Gasteiger partial charge >= 0.3 is 0 Å². The van der Waals surface area contributed by atoms with Crippen molar-refractivity contribution in [1.29, 1.82) is 0 Å². The molecule has 4 heteroatoms. The molecule has 0 bridgehead atoms. The maximum Gasteiger partial charge on any atom is 0.155 e. The number of oxime groups is 1. The van der Waals surface area contributed by atoms with Crippen LogP contribution in [0.25, 0.3) is 0 Å². The monoisotopic (exact) mass is 173 g/mol. The molecule has 1 rings (SSSR count). The van der Waals surface area contributed by atoms with Crippen LogP contribution in [0.1, 0.15) is 20.8 Å². The number of rotatable bonds is 3. The minimum atomic E-state index is -0.106. The lowest BCUT2D eigenvalue weighted by Crippen LogP contribution is -2.17. The molecule has 0 amide bonds. The summed E-state index contributed by atoms with van der Waals surface area (Å²) in [7, 11) is 0. The first-order chi connectivity index (χ1) is 5.68. The number of hydrogen-bond donors (Lipinski definition) is 0. The van der Waals surface area contributed by atoms with E-state index in [0.29, 0.717) is 13.2 Å². The van der Waals surface area contributed by atoms with E-state index in [9.17, 15) is 0 Å². The fraction of sp³-hybridized carbons (Fsp3) is 0.875. The van der Waals surface area contributed by atoms with E-state index in [2.05, 4.69) is 5.16 Å². The molecule has 1 aliphatic heterocycles. The molecule has 2 atom stereocenters. The molecule has 1 heterocycles. The van der Waals surface area contributed by atoms with Gasteiger partial charge in [0.15, 0.2) is 6.29 Å². The molecule has 0 spiro atoms. The Morgan fingerprint density at radius 1 is 1.58 bits per heavy atom. The van der Waals surface area contributed by atoms with Crippen molar-refractivity contribution >= 4 is 5.71 Å². The summed E-state index contributed by atoms with van der Waals surface area (Å²) in [6.07, 6.45) is -0.0756. The van der Waals surface area contributed by atoms with Gasteiger partial charge in [0.1, 0.15) is 12.7 Å². The molecule has 1 fully saturated rings. The first kappa shape index (κ1) is 9.48. The van der Waals surface area contributed by atoms with Gasteiger partial charge in [-0.05, 0) is 20.8 Å². The maximum absolute atomic E-state index is 5.33. The van der Waals surface area contributed by atoms with Crippen LogP contribution in [0, 0.1) is 0 Å². The highest BCUT2D eigenvalue weighted by Crippen LogP contribution is 2.10. The summed E-state index contributed by atoms with van der Waals surface area (Å²) in [5.74, 6) is 0. The molecule has 0 aromatic rings. The molecule has 4 nitrogen and oxygen atoms in total. The van der Waals surface area contributed by atoms with Gasteiger partial charge in [-0.2, -0.15) is 0 Å². The molecule has 1 aliphatic rings. The van der Waals surface area contributed by atoms with E-state index in [1.807, 2.05) is 20.8 Å². The van der Waals surface area contributed by atoms with Gasteiger partial charge < -0.3 is 14.3 Å². The zero-order valence-corrected chi connectivity index (χ0v) is 7.74. The molecular weight excluding hydrogens is 158 g/mol. The van der Waals surface area contributed by atoms with Crippen molar-refractivity contribution in [3.05, 3.63) is 0 Å². The lowest BCUT2D eigenvalue weighted by Gasteiger charge is -2.06. The summed E-state index contributed by atoms with van der Waals surface area (Å²) in [6, 6.07) is 0. The third-order valence-electron chi connectivity index (χ3n) is 1.41. The molecule has 70 valence electrons. The molecule has 0 radical (unpaired) electrons. The average molecular weight is 173 g/mol. The Bertz CT molecular complexity index is 166. The molecule has 0 aromatic carbocycles. The van der Waals surface area contributed by atoms with Crippen LogP contribution < -0.4 is 0 Å². The van der Waals surface area contributed by atoms with E-state index in [-0.39, 0.29) is 12.4 Å². The third-order valence-corrected chi connectivity index (χ3v) is 1.41. The van der Waals surface area contributed by atoms with Gasteiger partial charge in [0.25, 0.3) is 0 Å². The topological polar surface area (TPSA) is 40.0 Å². The molecule has 0 saturated carbocycles. The van der Waals surface area contributed by atoms with Crippen LogP contribution in [0.4, 0.5) is 0 Å². The Morgan fingerprint density at radius 3 is 2.83 bits per heavy atom. The van der Waals surface area contributed by atoms with Crippen molar-refractivity contribution in [2.24, 2.45) is 5.16 Å². The van der Waals surface area contributed by atoms with Gasteiger partial charge in [0.2, 0.25) is 0 Å². The van der Waals surface area contributed by atoms with Crippen LogP contribution in [-0.2, 0) is 14.3 Å². The summed E-state index contributed by atoms with van der Waals surface area (Å²) in [6.45, 7) is 6.70. The predicted octanol–water partition coefficient (Wildman–Crippen LogP) is 1.16. The van der Waals surface area contributed by atoms with Crippen LogP contribution in [-0.4, -0.2) is 31.3 Å². The highest BCUT2D eigenvalue weighted by atomic mass is 16.7. The normalized spacial score (nSPS) is 28.6. The van der Waals surface area contributed by atoms with Gasteiger partial charge in [-0.15, -0.1) is 0 Å². The van der Waals surface area contributed by atoms with Gasteiger partial charge in [0, 0.05) is 0 Å². The predicted molar refractivity (Wildman–Crippen MR) is 45.0 cm³/mol. The Labute approximate surface area is 72.5 Å². The van der Waals surface area contributed by atoms with Crippen molar-refractivity contribution in [2.75, 3.05) is 13.2 Å². The second-order valence-corrected chi connectivity index (χ2v) is 2.99. The van der Waals surface area contributed by atoms with Crippen molar-refractivity contribution in [1.82, 2.24) is 0 Å². The molecule has 0 aliphatic carbocycles. The quantitative estimate of drug-likeness (QED) is 0.475. The Kier molecular flexibility index (Phi) is 3.49. The molecule has 2 unspecified atom stereocenters. The van der Waals surface area contributed by atoms with E-state index in [0.717, 1.165) is 5.71 Å². The zero-order chi connectivity index (χ0) is 8.97. The number of ether oxygens (including phenoxy) is 2. The van der Waals surface area contributed by atoms with E-state index in [4.69, 9.17) is 14.3 Å². The van der Waals surface area contributed by atoms with E-state index in [1.54, 1.807) is 0 Å². The molecule has 0 aromatic heterocycles. The summed E-state index contributed by atoms with van der Waals surface area (Å²) >= 11 is 0. The molecular formula is C8H15NO3. The van der Waals surface area contributed by atoms with Gasteiger partial charge in [-0.1, -0.05) is 5.16 Å². The SMILES string of the molecule is CC(C)=NOCC1COC(C)O1. The zero-order valence-electron chi connectivity index (χ0n) is 7.74. The first-order valence-electron chi connectivity index (χ1n) is 4.08. The fourth-order valence-corrected chi connectivity index (χ4v) is 0.929. The van der Waals surface area contributed by atoms with Gasteiger partial charge in [0.05, 0.1) is 12.3 Å². The summed E-state index contributed by atoms with van der Waals surface area (Å²) in [5, 5.41) is 3.79. The minimum absolute atomic E-state index is 0.0306. The lowest BCUT2D eigenvalue weighted by molar-refractivity contribution is -0.0578. The van der Waals surface area contributed by atoms with Crippen LogP contribution in [0.2, 0.25) is 0 Å². The second-order valence-electron chi connectivity index (χ2n) is 2.99. The van der Waals surface area contributed by atoms with Crippen molar-refractivity contribution < 1.29 is 14.3 Å². The van der Waals surface area contributed by atoms with Gasteiger partial charge in [-0.25, -0.2) is 0 Å². The Morgan fingerprint density at radius 2 is 2.33 bits per heavy atom. The highest BCUT2D eigenvalue weighted by molar-refractivity contribution is 5.78. The van der Waals surface area contributed by atoms with Crippen molar-refractivity contribution in [2.45, 2.75) is 33.2 Å². The summed E-state index contributed by atoms with van der Waals surface area (Å²) < 4.78 is 10.5. The summed E-state index contributed by atoms with van der Waals surface area (Å²) in [5.41, 5.74) is 0.905. The smallest absolute Gasteiger partial charge is 0.155 e. The highest BCUT2D eigenvalue weighted by Gasteiger charge is 2.22. The molecule has 0 N–H and O–H groups in total. The molecule has 12 heavy (non-hydrogen) atoms. The summed E-state index contributed by atoms with van der Waals surface area (Å²) in [4.78, 5) is 5.01. The maximum atomic E-state index is 5.33. The van der Waals surface area contributed by atoms with E-state index >= 15 is 0 Å². The van der Waals surface area contributed by atoms with Crippen molar-refractivity contribution in [3.8, 4) is 0 Å². The van der Waals surface area contributed by atoms with Crippen LogP contribution in [0.3, 0.4) is 0 Å². The lowest BCUT2D eigenvalue weighted by atomic mass is 10.4. The van der Waals surface area contributed by atoms with Crippen LogP contribution >= 0.6 is 0 Å². The second kappa shape index (κ2) is 4.42. The van der Waals surface area contributed by atoms with Gasteiger partial charge in [-0.3, -0.25) is 0 Å². The number of hydrogen-bond acceptors (Lipinski definition) is 4. The first-order valence-corrected chi connectivity index (χ1v) is 4.08. The van der Waals surface area contributed by atoms with Crippen molar-refractivity contribution in [3.63, 3.8) is 0 Å². The fourth-order valence-electron chi connectivity index (χ4n) is 0.929. The Balaban J connectivity index is 2.12. The number of nitrogens with zero attached hydrogens (tertiary/aromatic N) is 1. The van der Waals surface area contributed by atoms with Crippen LogP contribution in [0.5, 0.6) is 0 Å². The third kappa shape index (κ3) is 3.19. The molecule has 1 saturated heterocycles. The minimum Gasteiger partial charge on any atom is -0.393 e. The van der Waals surface area contributed by atoms with E-state index < -0.39 is 0 Å². The Hall–Kier alpha value is -0.610. The largest absolute Gasteiger partial charge is 0.393 e. The average Bonchev–Trinajstić information content (AvgIpc) is 2.35. The van der Waals surface area contributed by atoms with Crippen LogP contribution in [0.15, 0.2) is 5.16 Å². The van der Waals surface area contributed by atoms with E-state index in [1.165, 1.54) is 0 Å². The standard InChI is InChI=1S/C8H15NO3/c1-6(2)9-11-5-8-4-10-7(3)12-8/h7-8H,4-5H2,1-3H3.